The lowest BCUT2D eigenvalue weighted by Crippen LogP contribution is -2.08. The lowest BCUT2D eigenvalue weighted by Gasteiger charge is -2.12. The number of allylic oxidation sites excluding steroid dienone is 2. The second-order valence-electron chi connectivity index (χ2n) is 4.29. The lowest BCUT2D eigenvalue weighted by molar-refractivity contribution is 0.102. The van der Waals surface area contributed by atoms with E-state index in [0.717, 1.165) is 36.8 Å². The van der Waals surface area contributed by atoms with Crippen LogP contribution in [0, 0.1) is 12.7 Å². The van der Waals surface area contributed by atoms with Gasteiger partial charge in [-0.15, -0.1) is 0 Å². The SMILES string of the molecule is Cc1ccc(C(=O)C2=CCCCC2)c(F)c1. The molecule has 0 heterocycles. The summed E-state index contributed by atoms with van der Waals surface area (Å²) in [5.74, 6) is -0.548. The molecular formula is C14H15FO. The molecule has 0 N–H and O–H groups in total. The van der Waals surface area contributed by atoms with Crippen LogP contribution in [0.25, 0.3) is 0 Å². The molecule has 1 aliphatic carbocycles. The van der Waals surface area contributed by atoms with Crippen LogP contribution in [0.3, 0.4) is 0 Å². The predicted molar refractivity (Wildman–Crippen MR) is 62.0 cm³/mol. The van der Waals surface area contributed by atoms with Crippen LogP contribution in [-0.2, 0) is 0 Å². The third kappa shape index (κ3) is 2.21. The normalized spacial score (nSPS) is 15.8. The van der Waals surface area contributed by atoms with Gasteiger partial charge in [-0.2, -0.15) is 0 Å². The van der Waals surface area contributed by atoms with Crippen molar-refractivity contribution in [2.24, 2.45) is 0 Å². The number of benzene rings is 1. The van der Waals surface area contributed by atoms with Gasteiger partial charge in [-0.05, 0) is 55.9 Å². The van der Waals surface area contributed by atoms with E-state index in [-0.39, 0.29) is 11.3 Å². The summed E-state index contributed by atoms with van der Waals surface area (Å²) >= 11 is 0. The van der Waals surface area contributed by atoms with Gasteiger partial charge >= 0.3 is 0 Å². The third-order valence-electron chi connectivity index (χ3n) is 2.95. The van der Waals surface area contributed by atoms with Crippen LogP contribution in [0.4, 0.5) is 4.39 Å². The van der Waals surface area contributed by atoms with E-state index in [1.165, 1.54) is 6.07 Å². The Bertz CT molecular complexity index is 446. The highest BCUT2D eigenvalue weighted by Crippen LogP contribution is 2.22. The molecule has 0 saturated carbocycles. The first-order valence-electron chi connectivity index (χ1n) is 5.68. The number of rotatable bonds is 2. The first kappa shape index (κ1) is 11.1. The predicted octanol–water partition coefficient (Wildman–Crippen LogP) is 3.82. The zero-order valence-corrected chi connectivity index (χ0v) is 9.42. The molecule has 84 valence electrons. The summed E-state index contributed by atoms with van der Waals surface area (Å²) in [6, 6.07) is 4.78. The molecule has 0 atom stereocenters. The van der Waals surface area contributed by atoms with Gasteiger partial charge in [0, 0.05) is 0 Å². The van der Waals surface area contributed by atoms with Gasteiger partial charge in [0.1, 0.15) is 5.82 Å². The molecule has 0 unspecified atom stereocenters. The average molecular weight is 218 g/mol. The van der Waals surface area contributed by atoms with E-state index < -0.39 is 5.82 Å². The summed E-state index contributed by atoms with van der Waals surface area (Å²) in [4.78, 5) is 12.0. The minimum Gasteiger partial charge on any atom is -0.289 e. The van der Waals surface area contributed by atoms with Gasteiger partial charge in [0.2, 0.25) is 0 Å². The molecule has 1 aromatic rings. The monoisotopic (exact) mass is 218 g/mol. The van der Waals surface area contributed by atoms with Crippen LogP contribution >= 0.6 is 0 Å². The number of hydrogen-bond donors (Lipinski definition) is 0. The van der Waals surface area contributed by atoms with Gasteiger partial charge < -0.3 is 0 Å². The van der Waals surface area contributed by atoms with Crippen LogP contribution in [0.2, 0.25) is 0 Å². The van der Waals surface area contributed by atoms with Crippen molar-refractivity contribution in [3.8, 4) is 0 Å². The Morgan fingerprint density at radius 2 is 2.12 bits per heavy atom. The van der Waals surface area contributed by atoms with Crippen LogP contribution in [-0.4, -0.2) is 5.78 Å². The van der Waals surface area contributed by atoms with E-state index in [2.05, 4.69) is 0 Å². The van der Waals surface area contributed by atoms with Crippen molar-refractivity contribution in [1.29, 1.82) is 0 Å². The summed E-state index contributed by atoms with van der Waals surface area (Å²) in [5.41, 5.74) is 1.82. The number of ketones is 1. The fourth-order valence-corrected chi connectivity index (χ4v) is 2.02. The number of Topliss-reactive ketones (excluding diaryl/α,β-unsaturated/α-hetero) is 1. The van der Waals surface area contributed by atoms with Gasteiger partial charge in [0.15, 0.2) is 5.78 Å². The Balaban J connectivity index is 2.30. The molecule has 0 spiro atoms. The van der Waals surface area contributed by atoms with Crippen molar-refractivity contribution in [2.75, 3.05) is 0 Å². The Kier molecular flexibility index (Phi) is 3.18. The topological polar surface area (TPSA) is 17.1 Å². The minimum absolute atomic E-state index is 0.141. The molecule has 0 bridgehead atoms. The summed E-state index contributed by atoms with van der Waals surface area (Å²) < 4.78 is 13.6. The van der Waals surface area contributed by atoms with Gasteiger partial charge in [-0.1, -0.05) is 12.1 Å². The van der Waals surface area contributed by atoms with Crippen LogP contribution in [0.15, 0.2) is 29.8 Å². The Labute approximate surface area is 95.0 Å². The molecule has 2 rings (SSSR count). The Morgan fingerprint density at radius 3 is 2.75 bits per heavy atom. The number of carbonyl (C=O) groups is 1. The van der Waals surface area contributed by atoms with Crippen molar-refractivity contribution in [3.63, 3.8) is 0 Å². The zero-order valence-electron chi connectivity index (χ0n) is 9.42. The first-order valence-corrected chi connectivity index (χ1v) is 5.68. The van der Waals surface area contributed by atoms with Gasteiger partial charge in [-0.3, -0.25) is 4.79 Å². The summed E-state index contributed by atoms with van der Waals surface area (Å²) in [6.07, 6.45) is 5.84. The molecule has 0 aromatic heterocycles. The largest absolute Gasteiger partial charge is 0.289 e. The average Bonchev–Trinajstić information content (AvgIpc) is 2.29. The first-order chi connectivity index (χ1) is 7.68. The van der Waals surface area contributed by atoms with Crippen molar-refractivity contribution < 1.29 is 9.18 Å². The number of hydrogen-bond acceptors (Lipinski definition) is 1. The van der Waals surface area contributed by atoms with Gasteiger partial charge in [0.05, 0.1) is 5.56 Å². The second kappa shape index (κ2) is 4.60. The van der Waals surface area contributed by atoms with E-state index in [1.807, 2.05) is 13.0 Å². The molecule has 0 fully saturated rings. The maximum Gasteiger partial charge on any atom is 0.191 e. The van der Waals surface area contributed by atoms with Crippen molar-refractivity contribution in [2.45, 2.75) is 32.6 Å². The molecular weight excluding hydrogens is 203 g/mol. The summed E-state index contributed by atoms with van der Waals surface area (Å²) in [7, 11) is 0. The number of halogens is 1. The maximum atomic E-state index is 13.6. The molecule has 0 aliphatic heterocycles. The Hall–Kier alpha value is -1.44. The zero-order chi connectivity index (χ0) is 11.5. The van der Waals surface area contributed by atoms with Crippen molar-refractivity contribution >= 4 is 5.78 Å². The maximum absolute atomic E-state index is 13.6. The highest BCUT2D eigenvalue weighted by atomic mass is 19.1. The standard InChI is InChI=1S/C14H15FO/c1-10-7-8-12(13(15)9-10)14(16)11-5-3-2-4-6-11/h5,7-9H,2-4,6H2,1H3. The smallest absolute Gasteiger partial charge is 0.191 e. The number of aryl methyl sites for hydroxylation is 1. The highest BCUT2D eigenvalue weighted by molar-refractivity contribution is 6.08. The Morgan fingerprint density at radius 1 is 1.31 bits per heavy atom. The molecule has 1 aromatic carbocycles. The molecule has 2 heteroatoms. The molecule has 1 nitrogen and oxygen atoms in total. The summed E-state index contributed by atoms with van der Waals surface area (Å²) in [6.45, 7) is 1.82. The minimum atomic E-state index is -0.406. The molecule has 16 heavy (non-hydrogen) atoms. The number of carbonyl (C=O) groups excluding carboxylic acids is 1. The third-order valence-corrected chi connectivity index (χ3v) is 2.95. The van der Waals surface area contributed by atoms with E-state index in [9.17, 15) is 9.18 Å². The highest BCUT2D eigenvalue weighted by Gasteiger charge is 2.17. The van der Waals surface area contributed by atoms with Gasteiger partial charge in [0.25, 0.3) is 0 Å². The fourth-order valence-electron chi connectivity index (χ4n) is 2.02. The summed E-state index contributed by atoms with van der Waals surface area (Å²) in [5, 5.41) is 0. The molecule has 1 aliphatic rings. The van der Waals surface area contributed by atoms with E-state index in [0.29, 0.717) is 0 Å². The quantitative estimate of drug-likeness (QED) is 0.690. The van der Waals surface area contributed by atoms with Crippen LogP contribution < -0.4 is 0 Å². The lowest BCUT2D eigenvalue weighted by atomic mass is 9.92. The molecule has 0 radical (unpaired) electrons. The van der Waals surface area contributed by atoms with Crippen LogP contribution in [0.5, 0.6) is 0 Å². The van der Waals surface area contributed by atoms with Crippen molar-refractivity contribution in [1.82, 2.24) is 0 Å². The van der Waals surface area contributed by atoms with E-state index >= 15 is 0 Å². The van der Waals surface area contributed by atoms with Crippen LogP contribution in [0.1, 0.15) is 41.6 Å². The molecule has 0 amide bonds. The fraction of sp³-hybridized carbons (Fsp3) is 0.357. The second-order valence-corrected chi connectivity index (χ2v) is 4.29. The van der Waals surface area contributed by atoms with Gasteiger partial charge in [-0.25, -0.2) is 4.39 Å². The van der Waals surface area contributed by atoms with E-state index in [4.69, 9.17) is 0 Å². The van der Waals surface area contributed by atoms with Crippen molar-refractivity contribution in [3.05, 3.63) is 46.8 Å². The molecule has 0 saturated heterocycles. The van der Waals surface area contributed by atoms with E-state index in [1.54, 1.807) is 12.1 Å².